The minimum Gasteiger partial charge on any atom is -0.456 e. The number of benzene rings is 1. The van der Waals surface area contributed by atoms with Gasteiger partial charge < -0.3 is 15.0 Å². The van der Waals surface area contributed by atoms with E-state index >= 15 is 0 Å². The van der Waals surface area contributed by atoms with E-state index in [-0.39, 0.29) is 29.1 Å². The highest BCUT2D eigenvalue weighted by Crippen LogP contribution is 2.19. The molecule has 0 bridgehead atoms. The molecule has 0 fully saturated rings. The van der Waals surface area contributed by atoms with E-state index in [0.29, 0.717) is 16.8 Å². The standard InChI is InChI=1S/C19H17ClFN3O4/c1-10-13(11(2)23-19(27)14(10)8-22)4-6-18(26)28-9-17(25)24-16-7-12(20)3-5-15(16)21/h3,5,7H,4,6,9H2,1-2H3,(H,23,27)(H,24,25). The predicted molar refractivity (Wildman–Crippen MR) is 101 cm³/mol. The third-order valence-electron chi connectivity index (χ3n) is 4.07. The van der Waals surface area contributed by atoms with Crippen molar-refractivity contribution in [1.29, 1.82) is 5.26 Å². The maximum Gasteiger partial charge on any atom is 0.306 e. The fraction of sp³-hybridized carbons (Fsp3) is 0.263. The smallest absolute Gasteiger partial charge is 0.306 e. The van der Waals surface area contributed by atoms with Crippen molar-refractivity contribution in [3.8, 4) is 6.07 Å². The highest BCUT2D eigenvalue weighted by Gasteiger charge is 2.15. The lowest BCUT2D eigenvalue weighted by atomic mass is 9.99. The molecule has 0 saturated carbocycles. The number of carbonyl (C=O) groups is 2. The van der Waals surface area contributed by atoms with Gasteiger partial charge in [0.25, 0.3) is 11.5 Å². The normalized spacial score (nSPS) is 10.2. The summed E-state index contributed by atoms with van der Waals surface area (Å²) in [6.07, 6.45) is 0.171. The number of esters is 1. The van der Waals surface area contributed by atoms with Crippen molar-refractivity contribution < 1.29 is 18.7 Å². The summed E-state index contributed by atoms with van der Waals surface area (Å²) in [5, 5.41) is 11.6. The molecule has 9 heteroatoms. The lowest BCUT2D eigenvalue weighted by Gasteiger charge is -2.11. The Bertz CT molecular complexity index is 1030. The van der Waals surface area contributed by atoms with Crippen LogP contribution in [0.2, 0.25) is 5.02 Å². The Morgan fingerprint density at radius 2 is 2.07 bits per heavy atom. The van der Waals surface area contributed by atoms with Crippen LogP contribution in [0.3, 0.4) is 0 Å². The van der Waals surface area contributed by atoms with Gasteiger partial charge in [0.1, 0.15) is 17.4 Å². The Kier molecular flexibility index (Phi) is 6.90. The second-order valence-electron chi connectivity index (χ2n) is 6.00. The first-order valence-electron chi connectivity index (χ1n) is 8.26. The Hall–Kier alpha value is -3.18. The molecule has 1 aromatic carbocycles. The molecule has 7 nitrogen and oxygen atoms in total. The van der Waals surface area contributed by atoms with E-state index in [0.717, 1.165) is 6.07 Å². The first kappa shape index (κ1) is 21.1. The third-order valence-corrected chi connectivity index (χ3v) is 4.30. The molecule has 1 aromatic heterocycles. The third kappa shape index (κ3) is 5.18. The molecule has 0 saturated heterocycles. The quantitative estimate of drug-likeness (QED) is 0.717. The zero-order valence-corrected chi connectivity index (χ0v) is 15.9. The van der Waals surface area contributed by atoms with Crippen LogP contribution in [0, 0.1) is 31.0 Å². The topological polar surface area (TPSA) is 112 Å². The van der Waals surface area contributed by atoms with Crippen LogP contribution in [0.25, 0.3) is 0 Å². The number of anilines is 1. The summed E-state index contributed by atoms with van der Waals surface area (Å²) in [6, 6.07) is 5.52. The van der Waals surface area contributed by atoms with Crippen molar-refractivity contribution in [2.45, 2.75) is 26.7 Å². The number of nitrogens with one attached hydrogen (secondary N) is 2. The lowest BCUT2D eigenvalue weighted by molar-refractivity contribution is -0.147. The summed E-state index contributed by atoms with van der Waals surface area (Å²) in [5.74, 6) is -2.02. The van der Waals surface area contributed by atoms with Gasteiger partial charge in [-0.3, -0.25) is 14.4 Å². The molecule has 0 aliphatic heterocycles. The first-order valence-corrected chi connectivity index (χ1v) is 8.63. The lowest BCUT2D eigenvalue weighted by Crippen LogP contribution is -2.22. The summed E-state index contributed by atoms with van der Waals surface area (Å²) in [4.78, 5) is 38.0. The number of nitrogens with zero attached hydrogens (tertiary/aromatic N) is 1. The zero-order chi connectivity index (χ0) is 20.8. The number of ether oxygens (including phenoxy) is 1. The summed E-state index contributed by atoms with van der Waals surface area (Å²) in [7, 11) is 0. The molecule has 1 heterocycles. The molecular formula is C19H17ClFN3O4. The average Bonchev–Trinajstić information content (AvgIpc) is 2.63. The van der Waals surface area contributed by atoms with Crippen LogP contribution < -0.4 is 10.9 Å². The van der Waals surface area contributed by atoms with Gasteiger partial charge in [0.05, 0.1) is 5.69 Å². The SMILES string of the molecule is Cc1[nH]c(=O)c(C#N)c(C)c1CCC(=O)OCC(=O)Nc1cc(Cl)ccc1F. The zero-order valence-electron chi connectivity index (χ0n) is 15.2. The highest BCUT2D eigenvalue weighted by atomic mass is 35.5. The van der Waals surface area contributed by atoms with E-state index in [9.17, 15) is 18.8 Å². The molecule has 2 aromatic rings. The molecule has 2 rings (SSSR count). The number of H-pyrrole nitrogens is 1. The number of halogens is 2. The largest absolute Gasteiger partial charge is 0.456 e. The van der Waals surface area contributed by atoms with E-state index in [1.165, 1.54) is 12.1 Å². The van der Waals surface area contributed by atoms with Crippen molar-refractivity contribution in [2.24, 2.45) is 0 Å². The number of nitriles is 1. The van der Waals surface area contributed by atoms with Crippen LogP contribution in [0.1, 0.15) is 28.8 Å². The van der Waals surface area contributed by atoms with Gasteiger partial charge in [-0.1, -0.05) is 11.6 Å². The van der Waals surface area contributed by atoms with Gasteiger partial charge in [0.2, 0.25) is 0 Å². The predicted octanol–water partition coefficient (Wildman–Crippen LogP) is 2.77. The molecule has 28 heavy (non-hydrogen) atoms. The van der Waals surface area contributed by atoms with Gasteiger partial charge in [0, 0.05) is 17.1 Å². The number of hydrogen-bond donors (Lipinski definition) is 2. The van der Waals surface area contributed by atoms with Crippen LogP contribution in [0.5, 0.6) is 0 Å². The van der Waals surface area contributed by atoms with E-state index in [4.69, 9.17) is 21.6 Å². The maximum absolute atomic E-state index is 13.6. The van der Waals surface area contributed by atoms with E-state index < -0.39 is 29.9 Å². The molecule has 1 amide bonds. The second-order valence-corrected chi connectivity index (χ2v) is 6.44. The Balaban J connectivity index is 1.92. The minimum absolute atomic E-state index is 0.00288. The number of carbonyl (C=O) groups excluding carboxylic acids is 2. The highest BCUT2D eigenvalue weighted by molar-refractivity contribution is 6.30. The molecule has 2 N–H and O–H groups in total. The van der Waals surface area contributed by atoms with Gasteiger partial charge in [0.15, 0.2) is 6.61 Å². The van der Waals surface area contributed by atoms with Gasteiger partial charge in [-0.25, -0.2) is 4.39 Å². The molecule has 0 unspecified atom stereocenters. The molecule has 0 aliphatic rings. The number of rotatable bonds is 6. The number of aryl methyl sites for hydroxylation is 1. The van der Waals surface area contributed by atoms with E-state index in [1.807, 2.05) is 6.07 Å². The monoisotopic (exact) mass is 405 g/mol. The van der Waals surface area contributed by atoms with Crippen molar-refractivity contribution in [1.82, 2.24) is 4.98 Å². The van der Waals surface area contributed by atoms with E-state index in [1.54, 1.807) is 13.8 Å². The van der Waals surface area contributed by atoms with Crippen molar-refractivity contribution in [2.75, 3.05) is 11.9 Å². The van der Waals surface area contributed by atoms with Crippen LogP contribution in [-0.4, -0.2) is 23.5 Å². The maximum atomic E-state index is 13.6. The van der Waals surface area contributed by atoms with Crippen molar-refractivity contribution in [3.05, 3.63) is 61.8 Å². The summed E-state index contributed by atoms with van der Waals surface area (Å²) in [6.45, 7) is 2.72. The van der Waals surface area contributed by atoms with Crippen LogP contribution in [-0.2, 0) is 20.7 Å². The second kappa shape index (κ2) is 9.15. The van der Waals surface area contributed by atoms with Gasteiger partial charge in [-0.15, -0.1) is 0 Å². The number of pyridine rings is 1. The minimum atomic E-state index is -0.710. The van der Waals surface area contributed by atoms with Crippen LogP contribution in [0.4, 0.5) is 10.1 Å². The number of hydrogen-bond acceptors (Lipinski definition) is 5. The Morgan fingerprint density at radius 1 is 1.36 bits per heavy atom. The number of aromatic nitrogens is 1. The molecule has 0 spiro atoms. The summed E-state index contributed by atoms with van der Waals surface area (Å²) >= 11 is 5.74. The van der Waals surface area contributed by atoms with Gasteiger partial charge >= 0.3 is 5.97 Å². The number of amides is 1. The fourth-order valence-corrected chi connectivity index (χ4v) is 2.82. The number of aromatic amines is 1. The van der Waals surface area contributed by atoms with Gasteiger partial charge in [-0.05, 0) is 49.6 Å². The van der Waals surface area contributed by atoms with Crippen molar-refractivity contribution in [3.63, 3.8) is 0 Å². The van der Waals surface area contributed by atoms with Crippen LogP contribution >= 0.6 is 11.6 Å². The average molecular weight is 406 g/mol. The molecule has 0 atom stereocenters. The first-order chi connectivity index (χ1) is 13.2. The Labute approximate surface area is 165 Å². The molecule has 0 radical (unpaired) electrons. The van der Waals surface area contributed by atoms with Crippen molar-refractivity contribution >= 4 is 29.2 Å². The molecular weight excluding hydrogens is 389 g/mol. The summed E-state index contributed by atoms with van der Waals surface area (Å²) < 4.78 is 18.5. The summed E-state index contributed by atoms with van der Waals surface area (Å²) in [5.41, 5.74) is 1.13. The molecule has 0 aliphatic carbocycles. The molecule has 146 valence electrons. The fourth-order valence-electron chi connectivity index (χ4n) is 2.65. The van der Waals surface area contributed by atoms with Crippen LogP contribution in [0.15, 0.2) is 23.0 Å². The van der Waals surface area contributed by atoms with E-state index in [2.05, 4.69) is 10.3 Å². The van der Waals surface area contributed by atoms with Gasteiger partial charge in [-0.2, -0.15) is 5.26 Å². The Morgan fingerprint density at radius 3 is 2.75 bits per heavy atom.